The van der Waals surface area contributed by atoms with Crippen LogP contribution in [0.15, 0.2) is 54.6 Å². The van der Waals surface area contributed by atoms with Crippen LogP contribution in [0.25, 0.3) is 28.2 Å². The molecule has 4 rings (SSSR count). The van der Waals surface area contributed by atoms with Gasteiger partial charge in [-0.3, -0.25) is 4.57 Å². The third kappa shape index (κ3) is 6.72. The fourth-order valence-electron chi connectivity index (χ4n) is 6.25. The first-order valence-corrected chi connectivity index (χ1v) is 16.0. The van der Waals surface area contributed by atoms with Crippen molar-refractivity contribution in [2.75, 3.05) is 0 Å². The zero-order valence-electron chi connectivity index (χ0n) is 28.2. The van der Waals surface area contributed by atoms with Crippen molar-refractivity contribution < 1.29 is 0 Å². The molecule has 0 saturated carbocycles. The lowest BCUT2D eigenvalue weighted by molar-refractivity contribution is 0.416. The van der Waals surface area contributed by atoms with E-state index >= 15 is 0 Å². The van der Waals surface area contributed by atoms with Crippen LogP contribution < -0.4 is 0 Å². The molecule has 0 N–H and O–H groups in total. The Bertz CT molecular complexity index is 1500. The summed E-state index contributed by atoms with van der Waals surface area (Å²) in [5.74, 6) is 2.35. The van der Waals surface area contributed by atoms with Crippen molar-refractivity contribution in [1.29, 1.82) is 0 Å². The number of aryl methyl sites for hydroxylation is 3. The second-order valence-electron chi connectivity index (χ2n) is 14.4. The zero-order chi connectivity index (χ0) is 30.8. The number of rotatable bonds is 10. The van der Waals surface area contributed by atoms with E-state index in [1.54, 1.807) is 0 Å². The minimum Gasteiger partial charge on any atom is -0.278 e. The molecule has 0 bridgehead atoms. The fourth-order valence-corrected chi connectivity index (χ4v) is 6.25. The first kappa shape index (κ1) is 31.7. The van der Waals surface area contributed by atoms with Gasteiger partial charge in [0.05, 0.1) is 5.69 Å². The van der Waals surface area contributed by atoms with Crippen LogP contribution in [-0.4, -0.2) is 14.8 Å². The van der Waals surface area contributed by atoms with Gasteiger partial charge in [-0.25, -0.2) is 0 Å². The van der Waals surface area contributed by atoms with Crippen LogP contribution in [0.1, 0.15) is 127 Å². The number of hydrogen-bond donors (Lipinski definition) is 0. The molecule has 0 aliphatic heterocycles. The molecule has 0 unspecified atom stereocenters. The van der Waals surface area contributed by atoms with Crippen LogP contribution in [0.4, 0.5) is 0 Å². The number of hydrogen-bond acceptors (Lipinski definition) is 2. The monoisotopic (exact) mass is 563 g/mol. The van der Waals surface area contributed by atoms with E-state index in [1.807, 2.05) is 0 Å². The number of nitrogens with zero attached hydrogens (tertiary/aromatic N) is 3. The highest BCUT2D eigenvalue weighted by atomic mass is 15.3. The van der Waals surface area contributed by atoms with Crippen molar-refractivity contribution >= 4 is 0 Å². The Morgan fingerprint density at radius 1 is 0.762 bits per heavy atom. The predicted molar refractivity (Wildman–Crippen MR) is 181 cm³/mol. The Morgan fingerprint density at radius 3 is 2.05 bits per heavy atom. The highest BCUT2D eigenvalue weighted by molar-refractivity contribution is 5.76. The summed E-state index contributed by atoms with van der Waals surface area (Å²) in [7, 11) is 0. The van der Waals surface area contributed by atoms with Gasteiger partial charge in [0.2, 0.25) is 0 Å². The Morgan fingerprint density at radius 2 is 1.43 bits per heavy atom. The molecule has 3 nitrogen and oxygen atoms in total. The summed E-state index contributed by atoms with van der Waals surface area (Å²) in [6, 6.07) is 20.5. The van der Waals surface area contributed by atoms with Gasteiger partial charge >= 0.3 is 0 Å². The summed E-state index contributed by atoms with van der Waals surface area (Å²) in [5, 5.41) is 9.89. The van der Waals surface area contributed by atoms with E-state index in [0.717, 1.165) is 23.6 Å². The quantitative estimate of drug-likeness (QED) is 0.180. The number of aromatic nitrogens is 3. The first-order valence-electron chi connectivity index (χ1n) is 16.0. The van der Waals surface area contributed by atoms with Crippen LogP contribution in [0.3, 0.4) is 0 Å². The summed E-state index contributed by atoms with van der Waals surface area (Å²) in [6.45, 7) is 25.0. The molecular formula is C39H53N3. The maximum atomic E-state index is 4.95. The molecule has 224 valence electrons. The van der Waals surface area contributed by atoms with Crippen molar-refractivity contribution in [3.63, 3.8) is 0 Å². The third-order valence-electron chi connectivity index (χ3n) is 8.78. The standard InChI is InChI=1S/C39H53N3/c1-12-13-14-15-21-39(10,11)37-41-40-36(42(37)34-20-19-27(4)22-33(34)26(2)3)31-18-16-17-30(25-31)35-28(5)23-32(24-29(35)6)38(7,8)9/h16-20,22-26H,12-15,21H2,1-11H3. The Balaban J connectivity index is 1.90. The molecule has 0 atom stereocenters. The maximum absolute atomic E-state index is 4.95. The summed E-state index contributed by atoms with van der Waals surface area (Å²) in [5.41, 5.74) is 11.5. The second kappa shape index (κ2) is 12.6. The van der Waals surface area contributed by atoms with Crippen LogP contribution >= 0.6 is 0 Å². The molecule has 0 fully saturated rings. The molecule has 42 heavy (non-hydrogen) atoms. The Hall–Kier alpha value is -3.20. The van der Waals surface area contributed by atoms with Gasteiger partial charge in [0.1, 0.15) is 5.82 Å². The van der Waals surface area contributed by atoms with Crippen molar-refractivity contribution in [3.8, 4) is 28.2 Å². The van der Waals surface area contributed by atoms with Crippen molar-refractivity contribution in [1.82, 2.24) is 14.8 Å². The summed E-state index contributed by atoms with van der Waals surface area (Å²) in [6.07, 6.45) is 6.08. The van der Waals surface area contributed by atoms with Gasteiger partial charge < -0.3 is 0 Å². The van der Waals surface area contributed by atoms with Gasteiger partial charge in [0.15, 0.2) is 5.82 Å². The molecule has 1 aromatic heterocycles. The second-order valence-corrected chi connectivity index (χ2v) is 14.4. The molecule has 4 aromatic rings. The van der Waals surface area contributed by atoms with Crippen molar-refractivity contribution in [3.05, 3.63) is 88.2 Å². The maximum Gasteiger partial charge on any atom is 0.168 e. The van der Waals surface area contributed by atoms with E-state index in [-0.39, 0.29) is 10.8 Å². The van der Waals surface area contributed by atoms with E-state index in [4.69, 9.17) is 10.2 Å². The summed E-state index contributed by atoms with van der Waals surface area (Å²) < 4.78 is 2.37. The van der Waals surface area contributed by atoms with Gasteiger partial charge in [-0.05, 0) is 84.0 Å². The van der Waals surface area contributed by atoms with E-state index < -0.39 is 0 Å². The molecule has 1 heterocycles. The Labute approximate surface area is 255 Å². The lowest BCUT2D eigenvalue weighted by Crippen LogP contribution is -2.23. The smallest absolute Gasteiger partial charge is 0.168 e. The largest absolute Gasteiger partial charge is 0.278 e. The van der Waals surface area contributed by atoms with Gasteiger partial charge in [-0.2, -0.15) is 0 Å². The van der Waals surface area contributed by atoms with E-state index in [1.165, 1.54) is 70.3 Å². The van der Waals surface area contributed by atoms with Crippen molar-refractivity contribution in [2.45, 2.75) is 125 Å². The van der Waals surface area contributed by atoms with Gasteiger partial charge in [0.25, 0.3) is 0 Å². The molecule has 3 heteroatoms. The molecule has 0 saturated heterocycles. The van der Waals surface area contributed by atoms with Crippen LogP contribution in [0, 0.1) is 20.8 Å². The highest BCUT2D eigenvalue weighted by Crippen LogP contribution is 2.38. The molecule has 0 aliphatic rings. The average molecular weight is 564 g/mol. The Kier molecular flexibility index (Phi) is 9.50. The molecule has 0 amide bonds. The average Bonchev–Trinajstić information content (AvgIpc) is 3.36. The van der Waals surface area contributed by atoms with Gasteiger partial charge in [-0.15, -0.1) is 10.2 Å². The fraction of sp³-hybridized carbons (Fsp3) is 0.487. The van der Waals surface area contributed by atoms with Crippen molar-refractivity contribution in [2.24, 2.45) is 0 Å². The summed E-state index contributed by atoms with van der Waals surface area (Å²) >= 11 is 0. The normalized spacial score (nSPS) is 12.4. The molecule has 0 spiro atoms. The highest BCUT2D eigenvalue weighted by Gasteiger charge is 2.30. The van der Waals surface area contributed by atoms with Gasteiger partial charge in [-0.1, -0.05) is 129 Å². The predicted octanol–water partition coefficient (Wildman–Crippen LogP) is 11.2. The topological polar surface area (TPSA) is 30.7 Å². The lowest BCUT2D eigenvalue weighted by atomic mass is 9.82. The lowest BCUT2D eigenvalue weighted by Gasteiger charge is -2.27. The van der Waals surface area contributed by atoms with Gasteiger partial charge in [0, 0.05) is 11.0 Å². The molecule has 0 aliphatic carbocycles. The zero-order valence-corrected chi connectivity index (χ0v) is 28.2. The SMILES string of the molecule is CCCCCCC(C)(C)c1nnc(-c2cccc(-c3c(C)cc(C(C)(C)C)cc3C)c2)n1-c1ccc(C)cc1C(C)C. The van der Waals surface area contributed by atoms with Crippen LogP contribution in [0.2, 0.25) is 0 Å². The molecular weight excluding hydrogens is 510 g/mol. The van der Waals surface area contributed by atoms with E-state index in [2.05, 4.69) is 135 Å². The van der Waals surface area contributed by atoms with Crippen LogP contribution in [-0.2, 0) is 10.8 Å². The van der Waals surface area contributed by atoms with E-state index in [0.29, 0.717) is 5.92 Å². The van der Waals surface area contributed by atoms with Crippen LogP contribution in [0.5, 0.6) is 0 Å². The van der Waals surface area contributed by atoms with E-state index in [9.17, 15) is 0 Å². The minimum absolute atomic E-state index is 0.105. The third-order valence-corrected chi connectivity index (χ3v) is 8.78. The number of benzene rings is 3. The molecule has 3 aromatic carbocycles. The summed E-state index contributed by atoms with van der Waals surface area (Å²) in [4.78, 5) is 0. The molecule has 0 radical (unpaired) electrons. The first-order chi connectivity index (χ1) is 19.7. The number of unbranched alkanes of at least 4 members (excludes halogenated alkanes) is 3. The minimum atomic E-state index is -0.105.